The molecule has 0 amide bonds. The zero-order valence-corrected chi connectivity index (χ0v) is 40.4. The van der Waals surface area contributed by atoms with Crippen LogP contribution >= 0.6 is 0 Å². The number of carbonyl (C=O) groups excluding carboxylic acids is 3. The van der Waals surface area contributed by atoms with Gasteiger partial charge in [-0.05, 0) is 83.5 Å². The van der Waals surface area contributed by atoms with Crippen molar-refractivity contribution in [3.8, 4) is 0 Å². The molecule has 6 nitrogen and oxygen atoms in total. The van der Waals surface area contributed by atoms with Crippen LogP contribution in [0.25, 0.3) is 0 Å². The minimum Gasteiger partial charge on any atom is -0.462 e. The Bertz CT molecular complexity index is 1220. The Hall–Kier alpha value is -3.41. The van der Waals surface area contributed by atoms with Crippen LogP contribution in [0.5, 0.6) is 0 Å². The van der Waals surface area contributed by atoms with Gasteiger partial charge in [-0.3, -0.25) is 14.4 Å². The number of allylic oxidation sites excluding steroid dienone is 14. The van der Waals surface area contributed by atoms with Gasteiger partial charge in [-0.15, -0.1) is 0 Å². The van der Waals surface area contributed by atoms with Crippen molar-refractivity contribution in [3.05, 3.63) is 85.1 Å². The SMILES string of the molecule is CC\C=C/C=C\C=C/CCCCCCCCCC(=O)OC(COC(=O)CCCCCCC\C=C/C=C\C=C/CC)COC(=O)CCCCCCC/C=C\CCCCCCCCC. The standard InChI is InChI=1S/C56H94O6/c1-4-7-10-13-16-19-22-25-27-29-31-34-37-40-43-46-49-55(58)61-52-53(51-60-54(57)48-45-42-39-36-33-30-24-21-18-15-12-9-6-3)62-56(59)50-47-44-41-38-35-32-28-26-23-20-17-14-11-8-5-2/h8-9,11-12,14-15,17-18,20-21,23-24,27,29,53H,4-7,10,13,16,19,22,25-26,28,30-52H2,1-3H3/b11-8-,12-9-,17-14-,18-15-,23-20-,24-21-,29-27-. The molecule has 0 aliphatic heterocycles. The van der Waals surface area contributed by atoms with E-state index in [0.717, 1.165) is 103 Å². The van der Waals surface area contributed by atoms with Gasteiger partial charge >= 0.3 is 17.9 Å². The minimum absolute atomic E-state index is 0.0932. The van der Waals surface area contributed by atoms with Crippen LogP contribution in [0.1, 0.15) is 233 Å². The van der Waals surface area contributed by atoms with Gasteiger partial charge in [0, 0.05) is 19.3 Å². The lowest BCUT2D eigenvalue weighted by Gasteiger charge is -2.18. The molecule has 6 heteroatoms. The van der Waals surface area contributed by atoms with E-state index in [2.05, 4.69) is 106 Å². The Kier molecular flexibility index (Phi) is 47.5. The number of unbranched alkanes of at least 4 members (excludes halogenated alkanes) is 24. The average molecular weight is 863 g/mol. The molecule has 1 unspecified atom stereocenters. The minimum atomic E-state index is -0.794. The van der Waals surface area contributed by atoms with E-state index < -0.39 is 6.10 Å². The lowest BCUT2D eigenvalue weighted by Crippen LogP contribution is -2.30. The molecule has 0 saturated carbocycles. The summed E-state index contributed by atoms with van der Waals surface area (Å²) >= 11 is 0. The first-order valence-corrected chi connectivity index (χ1v) is 25.7. The van der Waals surface area contributed by atoms with Crippen LogP contribution in [0.3, 0.4) is 0 Å². The van der Waals surface area contributed by atoms with Gasteiger partial charge in [-0.2, -0.15) is 0 Å². The average Bonchev–Trinajstić information content (AvgIpc) is 3.27. The second kappa shape index (κ2) is 50.2. The first kappa shape index (κ1) is 58.6. The predicted octanol–water partition coefficient (Wildman–Crippen LogP) is 16.8. The van der Waals surface area contributed by atoms with Crippen molar-refractivity contribution in [1.82, 2.24) is 0 Å². The number of ether oxygens (including phenoxy) is 3. The molecule has 0 aromatic heterocycles. The third-order valence-corrected chi connectivity index (χ3v) is 10.7. The van der Waals surface area contributed by atoms with Crippen molar-refractivity contribution >= 4 is 17.9 Å². The number of rotatable bonds is 45. The molecular formula is C56H94O6. The summed E-state index contributed by atoms with van der Waals surface area (Å²) in [6, 6.07) is 0. The molecule has 0 spiro atoms. The zero-order chi connectivity index (χ0) is 45.1. The number of hydrogen-bond donors (Lipinski definition) is 0. The molecule has 0 fully saturated rings. The maximum Gasteiger partial charge on any atom is 0.306 e. The summed E-state index contributed by atoms with van der Waals surface area (Å²) in [5.74, 6) is -0.935. The fourth-order valence-corrected chi connectivity index (χ4v) is 6.91. The highest BCUT2D eigenvalue weighted by Crippen LogP contribution is 2.14. The second-order valence-electron chi connectivity index (χ2n) is 16.8. The van der Waals surface area contributed by atoms with E-state index in [1.165, 1.54) is 89.9 Å². The molecule has 0 bridgehead atoms. The lowest BCUT2D eigenvalue weighted by molar-refractivity contribution is -0.167. The smallest absolute Gasteiger partial charge is 0.306 e. The van der Waals surface area contributed by atoms with Crippen molar-refractivity contribution in [2.75, 3.05) is 13.2 Å². The van der Waals surface area contributed by atoms with Crippen molar-refractivity contribution in [2.45, 2.75) is 239 Å². The normalized spacial score (nSPS) is 12.8. The fraction of sp³-hybridized carbons (Fsp3) is 0.696. The van der Waals surface area contributed by atoms with Crippen LogP contribution in [0, 0.1) is 0 Å². The molecule has 0 saturated heterocycles. The molecule has 0 rings (SSSR count). The molecule has 0 heterocycles. The second-order valence-corrected chi connectivity index (χ2v) is 16.8. The van der Waals surface area contributed by atoms with Crippen molar-refractivity contribution in [1.29, 1.82) is 0 Å². The molecule has 1 atom stereocenters. The van der Waals surface area contributed by atoms with Gasteiger partial charge in [0.05, 0.1) is 0 Å². The molecule has 0 aliphatic carbocycles. The molecule has 0 N–H and O–H groups in total. The van der Waals surface area contributed by atoms with Crippen LogP contribution in [-0.2, 0) is 28.6 Å². The van der Waals surface area contributed by atoms with Crippen LogP contribution in [0.15, 0.2) is 85.1 Å². The van der Waals surface area contributed by atoms with E-state index in [1.54, 1.807) is 0 Å². The van der Waals surface area contributed by atoms with Crippen LogP contribution in [0.4, 0.5) is 0 Å². The van der Waals surface area contributed by atoms with Gasteiger partial charge in [-0.1, -0.05) is 215 Å². The maximum absolute atomic E-state index is 12.8. The highest BCUT2D eigenvalue weighted by atomic mass is 16.6. The summed E-state index contributed by atoms with van der Waals surface area (Å²) in [5.41, 5.74) is 0. The first-order chi connectivity index (χ1) is 30.5. The predicted molar refractivity (Wildman–Crippen MR) is 265 cm³/mol. The van der Waals surface area contributed by atoms with Crippen molar-refractivity contribution in [3.63, 3.8) is 0 Å². The molecule has 354 valence electrons. The highest BCUT2D eigenvalue weighted by molar-refractivity contribution is 5.71. The molecule has 0 aliphatic rings. The summed E-state index contributed by atoms with van der Waals surface area (Å²) in [7, 11) is 0. The monoisotopic (exact) mass is 863 g/mol. The largest absolute Gasteiger partial charge is 0.462 e. The fourth-order valence-electron chi connectivity index (χ4n) is 6.91. The summed E-state index contributed by atoms with van der Waals surface area (Å²) in [6.45, 7) is 6.33. The van der Waals surface area contributed by atoms with Crippen molar-refractivity contribution < 1.29 is 28.6 Å². The van der Waals surface area contributed by atoms with Crippen LogP contribution < -0.4 is 0 Å². The summed E-state index contributed by atoms with van der Waals surface area (Å²) < 4.78 is 16.8. The highest BCUT2D eigenvalue weighted by Gasteiger charge is 2.19. The number of hydrogen-bond acceptors (Lipinski definition) is 6. The Morgan fingerprint density at radius 3 is 1.02 bits per heavy atom. The molecule has 0 aromatic rings. The van der Waals surface area contributed by atoms with E-state index in [9.17, 15) is 14.4 Å². The quantitative estimate of drug-likeness (QED) is 0.0199. The lowest BCUT2D eigenvalue weighted by atomic mass is 10.1. The van der Waals surface area contributed by atoms with Crippen molar-refractivity contribution in [2.24, 2.45) is 0 Å². The van der Waals surface area contributed by atoms with E-state index in [-0.39, 0.29) is 31.1 Å². The molecule has 0 radical (unpaired) electrons. The number of carbonyl (C=O) groups is 3. The summed E-state index contributed by atoms with van der Waals surface area (Å²) in [4.78, 5) is 38.0. The van der Waals surface area contributed by atoms with E-state index in [1.807, 2.05) is 0 Å². The third-order valence-electron chi connectivity index (χ3n) is 10.7. The van der Waals surface area contributed by atoms with Crippen LogP contribution in [-0.4, -0.2) is 37.2 Å². The third kappa shape index (κ3) is 47.6. The van der Waals surface area contributed by atoms with E-state index >= 15 is 0 Å². The van der Waals surface area contributed by atoms with Gasteiger partial charge in [0.2, 0.25) is 0 Å². The topological polar surface area (TPSA) is 78.9 Å². The van der Waals surface area contributed by atoms with Gasteiger partial charge < -0.3 is 14.2 Å². The maximum atomic E-state index is 12.8. The Morgan fingerprint density at radius 2 is 0.645 bits per heavy atom. The van der Waals surface area contributed by atoms with Gasteiger partial charge in [0.15, 0.2) is 6.10 Å². The zero-order valence-electron chi connectivity index (χ0n) is 40.4. The van der Waals surface area contributed by atoms with E-state index in [4.69, 9.17) is 14.2 Å². The molecule has 62 heavy (non-hydrogen) atoms. The van der Waals surface area contributed by atoms with Gasteiger partial charge in [-0.25, -0.2) is 0 Å². The number of esters is 3. The first-order valence-electron chi connectivity index (χ1n) is 25.7. The Labute approximate surface area is 382 Å². The summed E-state index contributed by atoms with van der Waals surface area (Å²) in [6.07, 6.45) is 64.2. The molecule has 0 aromatic carbocycles. The van der Waals surface area contributed by atoms with Gasteiger partial charge in [0.25, 0.3) is 0 Å². The van der Waals surface area contributed by atoms with E-state index in [0.29, 0.717) is 19.3 Å². The van der Waals surface area contributed by atoms with Gasteiger partial charge in [0.1, 0.15) is 13.2 Å². The molecular weight excluding hydrogens is 769 g/mol. The Morgan fingerprint density at radius 1 is 0.339 bits per heavy atom. The Balaban J connectivity index is 4.44. The van der Waals surface area contributed by atoms with Crippen LogP contribution in [0.2, 0.25) is 0 Å². The summed E-state index contributed by atoms with van der Waals surface area (Å²) in [5, 5.41) is 0.